The highest BCUT2D eigenvalue weighted by molar-refractivity contribution is 5.98. The summed E-state index contributed by atoms with van der Waals surface area (Å²) in [6.45, 7) is 3.77. The number of hydrogen-bond acceptors (Lipinski definition) is 5. The number of nitrogens with zero attached hydrogens (tertiary/aromatic N) is 1. The Balaban J connectivity index is 1.58. The van der Waals surface area contributed by atoms with E-state index < -0.39 is 17.9 Å². The van der Waals surface area contributed by atoms with Crippen molar-refractivity contribution >= 4 is 23.5 Å². The summed E-state index contributed by atoms with van der Waals surface area (Å²) in [5.41, 5.74) is 1.95. The van der Waals surface area contributed by atoms with Crippen LogP contribution in [0.2, 0.25) is 0 Å². The number of amides is 2. The second-order valence-electron chi connectivity index (χ2n) is 6.70. The third-order valence-corrected chi connectivity index (χ3v) is 4.48. The molecule has 1 aliphatic heterocycles. The smallest absolute Gasteiger partial charge is 0.329 e. The van der Waals surface area contributed by atoms with Crippen LogP contribution in [0.4, 0.5) is 5.69 Å². The number of para-hydroxylation sites is 1. The van der Waals surface area contributed by atoms with E-state index in [4.69, 9.17) is 9.15 Å². The molecule has 7 nitrogen and oxygen atoms in total. The second-order valence-corrected chi connectivity index (χ2v) is 6.70. The van der Waals surface area contributed by atoms with E-state index in [1.165, 1.54) is 12.3 Å². The van der Waals surface area contributed by atoms with Gasteiger partial charge in [0.05, 0.1) is 6.26 Å². The van der Waals surface area contributed by atoms with Crippen LogP contribution >= 0.6 is 0 Å². The predicted octanol–water partition coefficient (Wildman–Crippen LogP) is 2.17. The van der Waals surface area contributed by atoms with Crippen LogP contribution in [0, 0.1) is 5.92 Å². The normalized spacial score (nSPS) is 14.0. The molecular formula is C20H22N2O5. The van der Waals surface area contributed by atoms with Crippen molar-refractivity contribution < 1.29 is 23.5 Å². The molecule has 0 spiro atoms. The number of carbonyl (C=O) groups is 3. The SMILES string of the molecule is CC(C)[C@H](NC(=O)c1ccco1)C(=O)OCC(=O)N1CCc2ccccc21. The van der Waals surface area contributed by atoms with E-state index in [1.54, 1.807) is 24.8 Å². The molecule has 3 rings (SSSR count). The molecule has 2 aromatic rings. The van der Waals surface area contributed by atoms with Gasteiger partial charge in [0.25, 0.3) is 11.8 Å². The average Bonchev–Trinajstić information content (AvgIpc) is 3.33. The minimum Gasteiger partial charge on any atom is -0.459 e. The molecule has 0 radical (unpaired) electrons. The minimum atomic E-state index is -0.874. The Bertz CT molecular complexity index is 829. The van der Waals surface area contributed by atoms with Crippen molar-refractivity contribution in [3.63, 3.8) is 0 Å². The van der Waals surface area contributed by atoms with Crippen molar-refractivity contribution in [2.24, 2.45) is 5.92 Å². The number of anilines is 1. The van der Waals surface area contributed by atoms with E-state index in [-0.39, 0.29) is 24.2 Å². The number of benzene rings is 1. The number of esters is 1. The zero-order valence-corrected chi connectivity index (χ0v) is 15.3. The van der Waals surface area contributed by atoms with Crippen LogP contribution in [-0.2, 0) is 20.7 Å². The first-order valence-electron chi connectivity index (χ1n) is 8.86. The molecule has 0 fully saturated rings. The molecule has 0 saturated heterocycles. The molecule has 0 bridgehead atoms. The van der Waals surface area contributed by atoms with Gasteiger partial charge in [-0.2, -0.15) is 0 Å². The van der Waals surface area contributed by atoms with Gasteiger partial charge in [-0.1, -0.05) is 32.0 Å². The van der Waals surface area contributed by atoms with Gasteiger partial charge in [0.2, 0.25) is 0 Å². The Morgan fingerprint density at radius 1 is 1.19 bits per heavy atom. The summed E-state index contributed by atoms with van der Waals surface area (Å²) in [4.78, 5) is 38.6. The fourth-order valence-electron chi connectivity index (χ4n) is 3.02. The van der Waals surface area contributed by atoms with E-state index in [0.717, 1.165) is 17.7 Å². The van der Waals surface area contributed by atoms with Gasteiger partial charge in [-0.3, -0.25) is 9.59 Å². The zero-order valence-electron chi connectivity index (χ0n) is 15.3. The second kappa shape index (κ2) is 8.07. The van der Waals surface area contributed by atoms with Gasteiger partial charge in [-0.05, 0) is 36.1 Å². The predicted molar refractivity (Wildman–Crippen MR) is 98.3 cm³/mol. The lowest BCUT2D eigenvalue weighted by Gasteiger charge is -2.21. The van der Waals surface area contributed by atoms with Crippen LogP contribution in [0.5, 0.6) is 0 Å². The minimum absolute atomic E-state index is 0.109. The summed E-state index contributed by atoms with van der Waals surface area (Å²) < 4.78 is 10.2. The number of ether oxygens (including phenoxy) is 1. The van der Waals surface area contributed by atoms with Gasteiger partial charge in [-0.25, -0.2) is 4.79 Å². The quantitative estimate of drug-likeness (QED) is 0.787. The maximum atomic E-state index is 12.5. The Labute approximate surface area is 157 Å². The fraction of sp³-hybridized carbons (Fsp3) is 0.350. The zero-order chi connectivity index (χ0) is 19.4. The van der Waals surface area contributed by atoms with Crippen LogP contribution in [0.3, 0.4) is 0 Å². The highest BCUT2D eigenvalue weighted by Crippen LogP contribution is 2.27. The number of nitrogens with one attached hydrogen (secondary N) is 1. The summed E-state index contributed by atoms with van der Waals surface area (Å²) in [5, 5.41) is 2.60. The van der Waals surface area contributed by atoms with Crippen molar-refractivity contribution in [1.82, 2.24) is 5.32 Å². The lowest BCUT2D eigenvalue weighted by atomic mass is 10.0. The lowest BCUT2D eigenvalue weighted by molar-refractivity contribution is -0.150. The summed E-state index contributed by atoms with van der Waals surface area (Å²) >= 11 is 0. The molecule has 1 aliphatic rings. The third kappa shape index (κ3) is 4.19. The first-order chi connectivity index (χ1) is 13.0. The largest absolute Gasteiger partial charge is 0.459 e. The highest BCUT2D eigenvalue weighted by Gasteiger charge is 2.29. The van der Waals surface area contributed by atoms with E-state index in [9.17, 15) is 14.4 Å². The lowest BCUT2D eigenvalue weighted by Crippen LogP contribution is -2.46. The molecule has 1 aromatic heterocycles. The van der Waals surface area contributed by atoms with Crippen molar-refractivity contribution in [3.8, 4) is 0 Å². The number of fused-ring (bicyclic) bond motifs is 1. The van der Waals surface area contributed by atoms with E-state index >= 15 is 0 Å². The van der Waals surface area contributed by atoms with E-state index in [2.05, 4.69) is 5.32 Å². The van der Waals surface area contributed by atoms with Gasteiger partial charge in [-0.15, -0.1) is 0 Å². The molecule has 1 aromatic carbocycles. The molecule has 0 saturated carbocycles. The molecule has 0 unspecified atom stereocenters. The van der Waals surface area contributed by atoms with Crippen molar-refractivity contribution in [3.05, 3.63) is 54.0 Å². The van der Waals surface area contributed by atoms with E-state index in [1.807, 2.05) is 24.3 Å². The number of furan rings is 1. The van der Waals surface area contributed by atoms with Gasteiger partial charge >= 0.3 is 5.97 Å². The molecule has 27 heavy (non-hydrogen) atoms. The Morgan fingerprint density at radius 3 is 2.67 bits per heavy atom. The number of carbonyl (C=O) groups excluding carboxylic acids is 3. The number of hydrogen-bond donors (Lipinski definition) is 1. The third-order valence-electron chi connectivity index (χ3n) is 4.48. The molecule has 1 N–H and O–H groups in total. The van der Waals surface area contributed by atoms with Crippen LogP contribution in [0.1, 0.15) is 30.0 Å². The van der Waals surface area contributed by atoms with E-state index in [0.29, 0.717) is 6.54 Å². The summed E-state index contributed by atoms with van der Waals surface area (Å²) in [6.07, 6.45) is 2.16. The molecule has 2 amide bonds. The molecule has 1 atom stereocenters. The van der Waals surface area contributed by atoms with Gasteiger partial charge in [0, 0.05) is 12.2 Å². The monoisotopic (exact) mass is 370 g/mol. The standard InChI is InChI=1S/C20H22N2O5/c1-13(2)18(21-19(24)16-8-5-11-26-16)20(25)27-12-17(23)22-10-9-14-6-3-4-7-15(14)22/h3-8,11,13,18H,9-10,12H2,1-2H3,(H,21,24)/t18-/m0/s1. The maximum Gasteiger partial charge on any atom is 0.329 e. The van der Waals surface area contributed by atoms with Crippen molar-refractivity contribution in [2.45, 2.75) is 26.3 Å². The fourth-order valence-corrected chi connectivity index (χ4v) is 3.02. The van der Waals surface area contributed by atoms with Gasteiger partial charge < -0.3 is 19.4 Å². The first kappa shape index (κ1) is 18.7. The Morgan fingerprint density at radius 2 is 1.96 bits per heavy atom. The summed E-state index contributed by atoms with van der Waals surface area (Å²) in [5.74, 6) is -1.54. The molecular weight excluding hydrogens is 348 g/mol. The highest BCUT2D eigenvalue weighted by atomic mass is 16.5. The topological polar surface area (TPSA) is 88.9 Å². The van der Waals surface area contributed by atoms with Crippen molar-refractivity contribution in [2.75, 3.05) is 18.1 Å². The average molecular weight is 370 g/mol. The molecule has 2 heterocycles. The van der Waals surface area contributed by atoms with Crippen LogP contribution in [0.25, 0.3) is 0 Å². The summed E-state index contributed by atoms with van der Waals surface area (Å²) in [6, 6.07) is 9.88. The molecule has 142 valence electrons. The summed E-state index contributed by atoms with van der Waals surface area (Å²) in [7, 11) is 0. The Kier molecular flexibility index (Phi) is 5.59. The van der Waals surface area contributed by atoms with Crippen LogP contribution < -0.4 is 10.2 Å². The molecule has 0 aliphatic carbocycles. The Hall–Kier alpha value is -3.09. The van der Waals surface area contributed by atoms with Crippen molar-refractivity contribution in [1.29, 1.82) is 0 Å². The maximum absolute atomic E-state index is 12.5. The van der Waals surface area contributed by atoms with Gasteiger partial charge in [0.15, 0.2) is 12.4 Å². The number of rotatable bonds is 6. The van der Waals surface area contributed by atoms with Crippen LogP contribution in [-0.4, -0.2) is 37.0 Å². The molecule has 7 heteroatoms. The van der Waals surface area contributed by atoms with Crippen LogP contribution in [0.15, 0.2) is 47.1 Å². The first-order valence-corrected chi connectivity index (χ1v) is 8.86. The van der Waals surface area contributed by atoms with Gasteiger partial charge in [0.1, 0.15) is 6.04 Å².